The quantitative estimate of drug-likeness (QED) is 0.520. The predicted octanol–water partition coefficient (Wildman–Crippen LogP) is 1.88. The van der Waals surface area contributed by atoms with Gasteiger partial charge in [0.15, 0.2) is 11.5 Å². The van der Waals surface area contributed by atoms with Gasteiger partial charge in [-0.2, -0.15) is 9.90 Å². The molecule has 0 unspecified atom stereocenters. The Balaban J connectivity index is 1.27. The van der Waals surface area contributed by atoms with Crippen molar-refractivity contribution < 1.29 is 14.3 Å². The summed E-state index contributed by atoms with van der Waals surface area (Å²) in [6, 6.07) is 15.0. The topological polar surface area (TPSA) is 104 Å². The maximum absolute atomic E-state index is 11.9. The Morgan fingerprint density at radius 2 is 2.04 bits per heavy atom. The van der Waals surface area contributed by atoms with Crippen LogP contribution in [0.25, 0.3) is 17.5 Å². The third-order valence-electron chi connectivity index (χ3n) is 3.81. The molecule has 1 aliphatic heterocycles. The molecule has 0 saturated carbocycles. The summed E-state index contributed by atoms with van der Waals surface area (Å²) in [5.74, 6) is 1.55. The van der Waals surface area contributed by atoms with Gasteiger partial charge in [-0.25, -0.2) is 5.43 Å². The number of nitrogens with one attached hydrogen (secondary N) is 1. The van der Waals surface area contributed by atoms with E-state index in [-0.39, 0.29) is 19.2 Å². The van der Waals surface area contributed by atoms with Crippen molar-refractivity contribution in [1.82, 2.24) is 25.6 Å². The Hall–Kier alpha value is -4.01. The van der Waals surface area contributed by atoms with E-state index in [1.165, 1.54) is 11.0 Å². The van der Waals surface area contributed by atoms with E-state index in [0.717, 1.165) is 16.9 Å². The second-order valence-corrected chi connectivity index (χ2v) is 5.79. The molecule has 28 heavy (non-hydrogen) atoms. The summed E-state index contributed by atoms with van der Waals surface area (Å²) >= 11 is 0. The first-order chi connectivity index (χ1) is 13.8. The zero-order valence-electron chi connectivity index (χ0n) is 14.7. The molecule has 0 fully saturated rings. The second-order valence-electron chi connectivity index (χ2n) is 5.79. The van der Waals surface area contributed by atoms with E-state index in [1.807, 2.05) is 54.6 Å². The first-order valence-corrected chi connectivity index (χ1v) is 8.49. The molecule has 1 aromatic heterocycles. The van der Waals surface area contributed by atoms with Gasteiger partial charge < -0.3 is 9.47 Å². The van der Waals surface area contributed by atoms with E-state index in [2.05, 4.69) is 25.9 Å². The van der Waals surface area contributed by atoms with Crippen LogP contribution in [0.2, 0.25) is 0 Å². The zero-order valence-corrected chi connectivity index (χ0v) is 14.7. The van der Waals surface area contributed by atoms with Crippen molar-refractivity contribution in [3.63, 3.8) is 0 Å². The lowest BCUT2D eigenvalue weighted by Gasteiger charge is -1.98. The number of tetrazole rings is 1. The molecule has 9 nitrogen and oxygen atoms in total. The summed E-state index contributed by atoms with van der Waals surface area (Å²) in [5.41, 5.74) is 4.18. The number of benzene rings is 2. The van der Waals surface area contributed by atoms with Crippen LogP contribution in [0.5, 0.6) is 11.5 Å². The van der Waals surface area contributed by atoms with Crippen molar-refractivity contribution in [2.45, 2.75) is 6.54 Å². The minimum atomic E-state index is -0.357. The molecule has 0 saturated heterocycles. The standard InChI is InChI=1S/C19H16N6O3/c26-18(12-25-23-19(22-24-25)15-6-2-1-3-7-15)21-20-10-4-5-14-8-9-16-17(11-14)28-13-27-16/h1-11H,12-13H2,(H,21,26). The highest BCUT2D eigenvalue weighted by Crippen LogP contribution is 2.32. The largest absolute Gasteiger partial charge is 0.454 e. The number of hydrogen-bond donors (Lipinski definition) is 1. The van der Waals surface area contributed by atoms with Crippen molar-refractivity contribution >= 4 is 18.2 Å². The van der Waals surface area contributed by atoms with E-state index >= 15 is 0 Å². The lowest BCUT2D eigenvalue weighted by molar-refractivity contribution is -0.122. The molecule has 2 aromatic carbocycles. The third kappa shape index (κ3) is 4.21. The number of allylic oxidation sites excluding steroid dienone is 1. The van der Waals surface area contributed by atoms with Crippen LogP contribution in [-0.2, 0) is 11.3 Å². The Kier molecular flexibility index (Phi) is 5.05. The van der Waals surface area contributed by atoms with Gasteiger partial charge >= 0.3 is 0 Å². The van der Waals surface area contributed by atoms with Crippen molar-refractivity contribution in [3.8, 4) is 22.9 Å². The van der Waals surface area contributed by atoms with Crippen LogP contribution in [0.15, 0.2) is 59.7 Å². The predicted molar refractivity (Wildman–Crippen MR) is 101 cm³/mol. The Bertz CT molecular complexity index is 1030. The van der Waals surface area contributed by atoms with Gasteiger partial charge in [0.1, 0.15) is 6.54 Å². The summed E-state index contributed by atoms with van der Waals surface area (Å²) in [7, 11) is 0. The minimum absolute atomic E-state index is 0.0803. The summed E-state index contributed by atoms with van der Waals surface area (Å²) in [6.07, 6.45) is 5.02. The van der Waals surface area contributed by atoms with Crippen molar-refractivity contribution in [2.24, 2.45) is 5.10 Å². The maximum atomic E-state index is 11.9. The first-order valence-electron chi connectivity index (χ1n) is 8.49. The number of hydrogen-bond acceptors (Lipinski definition) is 7. The van der Waals surface area contributed by atoms with Gasteiger partial charge in [-0.15, -0.1) is 10.2 Å². The second kappa shape index (κ2) is 8.12. The number of fused-ring (bicyclic) bond motifs is 1. The Morgan fingerprint density at radius 1 is 1.18 bits per heavy atom. The van der Waals surface area contributed by atoms with Crippen LogP contribution in [-0.4, -0.2) is 39.1 Å². The molecule has 0 radical (unpaired) electrons. The monoisotopic (exact) mass is 376 g/mol. The normalized spacial score (nSPS) is 12.7. The van der Waals surface area contributed by atoms with Crippen LogP contribution in [0, 0.1) is 0 Å². The van der Waals surface area contributed by atoms with Gasteiger partial charge in [0.25, 0.3) is 5.91 Å². The molecule has 1 amide bonds. The fourth-order valence-electron chi connectivity index (χ4n) is 2.50. The fraction of sp³-hybridized carbons (Fsp3) is 0.105. The molecular weight excluding hydrogens is 360 g/mol. The van der Waals surface area contributed by atoms with E-state index in [9.17, 15) is 4.79 Å². The number of ether oxygens (including phenoxy) is 2. The minimum Gasteiger partial charge on any atom is -0.454 e. The smallest absolute Gasteiger partial charge is 0.263 e. The number of hydrazone groups is 1. The molecule has 2 heterocycles. The Labute approximate surface area is 160 Å². The van der Waals surface area contributed by atoms with Gasteiger partial charge in [0, 0.05) is 11.8 Å². The summed E-state index contributed by atoms with van der Waals surface area (Å²) < 4.78 is 10.6. The molecule has 9 heteroatoms. The maximum Gasteiger partial charge on any atom is 0.263 e. The highest BCUT2D eigenvalue weighted by molar-refractivity contribution is 5.81. The van der Waals surface area contributed by atoms with Gasteiger partial charge in [-0.05, 0) is 29.0 Å². The van der Waals surface area contributed by atoms with E-state index in [1.54, 1.807) is 6.08 Å². The molecule has 1 N–H and O–H groups in total. The summed E-state index contributed by atoms with van der Waals surface area (Å²) in [6.45, 7) is 0.159. The number of aromatic nitrogens is 4. The van der Waals surface area contributed by atoms with E-state index in [0.29, 0.717) is 11.6 Å². The molecule has 0 spiro atoms. The molecular formula is C19H16N6O3. The summed E-state index contributed by atoms with van der Waals surface area (Å²) in [5, 5.41) is 15.9. The summed E-state index contributed by atoms with van der Waals surface area (Å²) in [4.78, 5) is 13.1. The van der Waals surface area contributed by atoms with Crippen LogP contribution < -0.4 is 14.9 Å². The molecule has 140 valence electrons. The SMILES string of the molecule is O=C(Cn1nnc(-c2ccccc2)n1)NN=CC=Cc1ccc2c(c1)OCO2. The number of rotatable bonds is 6. The molecule has 0 aliphatic carbocycles. The van der Waals surface area contributed by atoms with Gasteiger partial charge in [0.2, 0.25) is 12.6 Å². The van der Waals surface area contributed by atoms with Crippen LogP contribution in [0.3, 0.4) is 0 Å². The highest BCUT2D eigenvalue weighted by atomic mass is 16.7. The van der Waals surface area contributed by atoms with Gasteiger partial charge in [0.05, 0.1) is 0 Å². The molecule has 3 aromatic rings. The van der Waals surface area contributed by atoms with Crippen molar-refractivity contribution in [1.29, 1.82) is 0 Å². The fourth-order valence-corrected chi connectivity index (χ4v) is 2.50. The lowest BCUT2D eigenvalue weighted by atomic mass is 10.2. The highest BCUT2D eigenvalue weighted by Gasteiger charge is 2.12. The van der Waals surface area contributed by atoms with E-state index < -0.39 is 0 Å². The van der Waals surface area contributed by atoms with Gasteiger partial charge in [-0.3, -0.25) is 4.79 Å². The number of nitrogens with zero attached hydrogens (tertiary/aromatic N) is 5. The molecule has 1 aliphatic rings. The Morgan fingerprint density at radius 3 is 2.93 bits per heavy atom. The van der Waals surface area contributed by atoms with E-state index in [4.69, 9.17) is 9.47 Å². The number of amides is 1. The van der Waals surface area contributed by atoms with Crippen LogP contribution >= 0.6 is 0 Å². The average Bonchev–Trinajstić information content (AvgIpc) is 3.37. The van der Waals surface area contributed by atoms with Crippen LogP contribution in [0.1, 0.15) is 5.56 Å². The average molecular weight is 376 g/mol. The third-order valence-corrected chi connectivity index (χ3v) is 3.81. The lowest BCUT2D eigenvalue weighted by Crippen LogP contribution is -2.24. The molecule has 0 bridgehead atoms. The number of carbonyl (C=O) groups excluding carboxylic acids is 1. The molecule has 4 rings (SSSR count). The van der Waals surface area contributed by atoms with Crippen LogP contribution in [0.4, 0.5) is 0 Å². The number of carbonyl (C=O) groups is 1. The van der Waals surface area contributed by atoms with Crippen molar-refractivity contribution in [2.75, 3.05) is 6.79 Å². The zero-order chi connectivity index (χ0) is 19.2. The molecule has 0 atom stereocenters. The van der Waals surface area contributed by atoms with Crippen molar-refractivity contribution in [3.05, 3.63) is 60.2 Å². The first kappa shape index (κ1) is 17.4. The van der Waals surface area contributed by atoms with Gasteiger partial charge in [-0.1, -0.05) is 42.5 Å².